The van der Waals surface area contributed by atoms with E-state index in [-0.39, 0.29) is 0 Å². The van der Waals surface area contributed by atoms with Gasteiger partial charge in [0.05, 0.1) is 0 Å². The van der Waals surface area contributed by atoms with Gasteiger partial charge in [-0.15, -0.1) is 0 Å². The van der Waals surface area contributed by atoms with Gasteiger partial charge in [-0.25, -0.2) is 0 Å². The first-order chi connectivity index (χ1) is 13.1. The van der Waals surface area contributed by atoms with Gasteiger partial charge in [-0.3, -0.25) is 0 Å². The highest BCUT2D eigenvalue weighted by molar-refractivity contribution is 4.71. The van der Waals surface area contributed by atoms with E-state index in [0.717, 1.165) is 23.7 Å². The molecule has 0 heterocycles. The Morgan fingerprint density at radius 2 is 1.32 bits per heavy atom. The van der Waals surface area contributed by atoms with Gasteiger partial charge in [0.15, 0.2) is 0 Å². The standard InChI is InChI=1S/C27H57N/c1-10-12-16-26(11-2)22-28(20-18-25(6)21-27(7,8)9)19-17-24(5)15-13-14-23(3)4/h23-26H,10-22H2,1-9H3. The van der Waals surface area contributed by atoms with E-state index in [0.29, 0.717) is 5.41 Å². The van der Waals surface area contributed by atoms with Crippen LogP contribution in [-0.4, -0.2) is 24.5 Å². The average molecular weight is 396 g/mol. The van der Waals surface area contributed by atoms with Crippen molar-refractivity contribution in [3.8, 4) is 0 Å². The molecule has 3 unspecified atom stereocenters. The van der Waals surface area contributed by atoms with E-state index in [9.17, 15) is 0 Å². The molecule has 0 amide bonds. The summed E-state index contributed by atoms with van der Waals surface area (Å²) in [6.07, 6.45) is 13.8. The van der Waals surface area contributed by atoms with Crippen LogP contribution in [0.25, 0.3) is 0 Å². The second-order valence-electron chi connectivity index (χ2n) is 11.6. The van der Waals surface area contributed by atoms with E-state index in [1.165, 1.54) is 83.8 Å². The lowest BCUT2D eigenvalue weighted by atomic mass is 9.84. The monoisotopic (exact) mass is 395 g/mol. The van der Waals surface area contributed by atoms with E-state index < -0.39 is 0 Å². The van der Waals surface area contributed by atoms with Crippen LogP contribution in [0.2, 0.25) is 0 Å². The molecule has 0 aliphatic carbocycles. The van der Waals surface area contributed by atoms with Crippen LogP contribution >= 0.6 is 0 Å². The molecule has 1 heteroatoms. The molecule has 0 rings (SSSR count). The average Bonchev–Trinajstić information content (AvgIpc) is 2.58. The van der Waals surface area contributed by atoms with Crippen molar-refractivity contribution in [2.45, 2.75) is 127 Å². The van der Waals surface area contributed by atoms with E-state index >= 15 is 0 Å². The largest absolute Gasteiger partial charge is 0.303 e. The summed E-state index contributed by atoms with van der Waals surface area (Å²) >= 11 is 0. The van der Waals surface area contributed by atoms with E-state index in [4.69, 9.17) is 0 Å². The van der Waals surface area contributed by atoms with Gasteiger partial charge in [-0.1, -0.05) is 101 Å². The Kier molecular flexibility index (Phi) is 15.7. The Morgan fingerprint density at radius 3 is 1.82 bits per heavy atom. The first-order valence-corrected chi connectivity index (χ1v) is 12.8. The lowest BCUT2D eigenvalue weighted by molar-refractivity contribution is 0.184. The van der Waals surface area contributed by atoms with Crippen LogP contribution in [-0.2, 0) is 0 Å². The molecular weight excluding hydrogens is 338 g/mol. The second-order valence-corrected chi connectivity index (χ2v) is 11.6. The molecule has 0 N–H and O–H groups in total. The van der Waals surface area contributed by atoms with Gasteiger partial charge in [0, 0.05) is 6.54 Å². The smallest absolute Gasteiger partial charge is 0.000956 e. The van der Waals surface area contributed by atoms with Crippen molar-refractivity contribution in [2.24, 2.45) is 29.1 Å². The summed E-state index contributed by atoms with van der Waals surface area (Å²) in [5.41, 5.74) is 0.461. The number of unbranched alkanes of at least 4 members (excludes halogenated alkanes) is 1. The van der Waals surface area contributed by atoms with Crippen molar-refractivity contribution in [1.29, 1.82) is 0 Å². The molecule has 170 valence electrons. The van der Waals surface area contributed by atoms with Gasteiger partial charge in [0.2, 0.25) is 0 Å². The Balaban J connectivity index is 4.56. The number of nitrogens with zero attached hydrogens (tertiary/aromatic N) is 1. The zero-order chi connectivity index (χ0) is 21.6. The minimum absolute atomic E-state index is 0.461. The van der Waals surface area contributed by atoms with Crippen LogP contribution in [0.3, 0.4) is 0 Å². The summed E-state index contributed by atoms with van der Waals surface area (Å²) < 4.78 is 0. The summed E-state index contributed by atoms with van der Waals surface area (Å²) in [6.45, 7) is 25.5. The van der Waals surface area contributed by atoms with Crippen molar-refractivity contribution < 1.29 is 0 Å². The summed E-state index contributed by atoms with van der Waals surface area (Å²) in [7, 11) is 0. The molecule has 0 fully saturated rings. The lowest BCUT2D eigenvalue weighted by Gasteiger charge is -2.30. The van der Waals surface area contributed by atoms with E-state index in [1.54, 1.807) is 0 Å². The molecule has 0 aliphatic rings. The molecular formula is C27H57N. The summed E-state index contributed by atoms with van der Waals surface area (Å²) in [5.74, 6) is 3.47. The molecule has 0 saturated carbocycles. The van der Waals surface area contributed by atoms with Gasteiger partial charge >= 0.3 is 0 Å². The van der Waals surface area contributed by atoms with Crippen LogP contribution in [0.1, 0.15) is 127 Å². The molecule has 0 aromatic carbocycles. The number of hydrogen-bond acceptors (Lipinski definition) is 1. The highest BCUT2D eigenvalue weighted by Gasteiger charge is 2.18. The van der Waals surface area contributed by atoms with Gasteiger partial charge in [-0.05, 0) is 67.9 Å². The zero-order valence-electron chi connectivity index (χ0n) is 21.4. The van der Waals surface area contributed by atoms with Crippen molar-refractivity contribution in [3.05, 3.63) is 0 Å². The Hall–Kier alpha value is -0.0400. The first kappa shape index (κ1) is 28.0. The topological polar surface area (TPSA) is 3.24 Å². The minimum Gasteiger partial charge on any atom is -0.303 e. The maximum atomic E-state index is 2.84. The molecule has 0 aliphatic heterocycles. The van der Waals surface area contributed by atoms with Crippen molar-refractivity contribution in [1.82, 2.24) is 4.90 Å². The Morgan fingerprint density at radius 1 is 0.714 bits per heavy atom. The number of hydrogen-bond donors (Lipinski definition) is 0. The normalized spacial score (nSPS) is 16.0. The lowest BCUT2D eigenvalue weighted by Crippen LogP contribution is -2.33. The third kappa shape index (κ3) is 16.9. The fraction of sp³-hybridized carbons (Fsp3) is 1.00. The molecule has 1 nitrogen and oxygen atoms in total. The fourth-order valence-corrected chi connectivity index (χ4v) is 4.55. The van der Waals surface area contributed by atoms with Crippen molar-refractivity contribution in [2.75, 3.05) is 19.6 Å². The third-order valence-electron chi connectivity index (χ3n) is 6.38. The predicted molar refractivity (Wildman–Crippen MR) is 130 cm³/mol. The van der Waals surface area contributed by atoms with Gasteiger partial charge in [0.25, 0.3) is 0 Å². The first-order valence-electron chi connectivity index (χ1n) is 12.8. The molecule has 0 aromatic heterocycles. The number of rotatable bonds is 17. The molecule has 0 saturated heterocycles. The summed E-state index contributed by atoms with van der Waals surface area (Å²) in [6, 6.07) is 0. The molecule has 28 heavy (non-hydrogen) atoms. The molecule has 0 spiro atoms. The van der Waals surface area contributed by atoms with E-state index in [1.807, 2.05) is 0 Å². The Labute approximate surface area is 180 Å². The highest BCUT2D eigenvalue weighted by atomic mass is 15.1. The SMILES string of the molecule is CCCCC(CC)CN(CCC(C)CCCC(C)C)CCC(C)CC(C)(C)C. The molecule has 3 atom stereocenters. The van der Waals surface area contributed by atoms with Crippen LogP contribution in [0.15, 0.2) is 0 Å². The predicted octanol–water partition coefficient (Wildman–Crippen LogP) is 8.82. The van der Waals surface area contributed by atoms with E-state index in [2.05, 4.69) is 67.2 Å². The van der Waals surface area contributed by atoms with Crippen LogP contribution < -0.4 is 0 Å². The van der Waals surface area contributed by atoms with Crippen LogP contribution in [0, 0.1) is 29.1 Å². The van der Waals surface area contributed by atoms with Gasteiger partial charge in [-0.2, -0.15) is 0 Å². The molecule has 0 aromatic rings. The zero-order valence-corrected chi connectivity index (χ0v) is 21.4. The van der Waals surface area contributed by atoms with Crippen LogP contribution in [0.4, 0.5) is 0 Å². The van der Waals surface area contributed by atoms with Crippen molar-refractivity contribution in [3.63, 3.8) is 0 Å². The van der Waals surface area contributed by atoms with Crippen molar-refractivity contribution >= 4 is 0 Å². The maximum Gasteiger partial charge on any atom is 0.000956 e. The summed E-state index contributed by atoms with van der Waals surface area (Å²) in [5, 5.41) is 0. The Bertz CT molecular complexity index is 341. The molecule has 0 bridgehead atoms. The second kappa shape index (κ2) is 15.8. The van der Waals surface area contributed by atoms with Crippen LogP contribution in [0.5, 0.6) is 0 Å². The maximum absolute atomic E-state index is 2.84. The third-order valence-corrected chi connectivity index (χ3v) is 6.38. The summed E-state index contributed by atoms with van der Waals surface area (Å²) in [4.78, 5) is 2.84. The van der Waals surface area contributed by atoms with Gasteiger partial charge in [0.1, 0.15) is 0 Å². The quantitative estimate of drug-likeness (QED) is 0.238. The minimum atomic E-state index is 0.461. The molecule has 0 radical (unpaired) electrons. The highest BCUT2D eigenvalue weighted by Crippen LogP contribution is 2.26. The fourth-order valence-electron chi connectivity index (χ4n) is 4.55. The van der Waals surface area contributed by atoms with Gasteiger partial charge < -0.3 is 4.90 Å².